The minimum Gasteiger partial charge on any atom is -0.310 e. The smallest absolute Gasteiger partial charge is 0.151 e. The van der Waals surface area contributed by atoms with Crippen LogP contribution in [0.5, 0.6) is 0 Å². The third kappa shape index (κ3) is 7.93. The van der Waals surface area contributed by atoms with Crippen molar-refractivity contribution in [3.05, 3.63) is 0 Å². The Hall–Kier alpha value is 0.0600. The lowest BCUT2D eigenvalue weighted by atomic mass is 10.3. The summed E-state index contributed by atoms with van der Waals surface area (Å²) in [5.74, 6) is 0.869. The summed E-state index contributed by atoms with van der Waals surface area (Å²) in [4.78, 5) is 0. The van der Waals surface area contributed by atoms with Crippen LogP contribution in [0.15, 0.2) is 0 Å². The van der Waals surface area contributed by atoms with E-state index in [1.165, 1.54) is 0 Å². The quantitative estimate of drug-likeness (QED) is 0.704. The molecule has 0 fully saturated rings. The average Bonchev–Trinajstić information content (AvgIpc) is 2.00. The topological polar surface area (TPSA) is 63.2 Å². The first kappa shape index (κ1) is 15.1. The third-order valence-electron chi connectivity index (χ3n) is 2.00. The predicted octanol–water partition coefficient (Wildman–Crippen LogP) is 0.166. The molecule has 0 aromatic rings. The zero-order chi connectivity index (χ0) is 12.1. The van der Waals surface area contributed by atoms with Crippen LogP contribution in [0.2, 0.25) is 0 Å². The first-order valence-corrected chi connectivity index (χ1v) is 8.58. The Morgan fingerprint density at radius 2 is 1.80 bits per heavy atom. The summed E-state index contributed by atoms with van der Waals surface area (Å²) in [6.45, 7) is 5.39. The Kier molecular flexibility index (Phi) is 6.63. The summed E-state index contributed by atoms with van der Waals surface area (Å²) in [5, 5.41) is 3.13. The number of hydrogen-bond acceptors (Lipinski definition) is 4. The Bertz CT molecular complexity index is 300. The lowest BCUT2D eigenvalue weighted by molar-refractivity contribution is 0.511. The maximum atomic E-state index is 11.3. The second-order valence-electron chi connectivity index (χ2n) is 3.91. The van der Waals surface area contributed by atoms with Crippen molar-refractivity contribution in [1.82, 2.24) is 5.32 Å². The van der Waals surface area contributed by atoms with Crippen LogP contribution in [0.3, 0.4) is 0 Å². The van der Waals surface area contributed by atoms with Crippen molar-refractivity contribution in [3.63, 3.8) is 0 Å². The molecule has 0 aliphatic heterocycles. The Labute approximate surface area is 95.2 Å². The highest BCUT2D eigenvalue weighted by Gasteiger charge is 2.15. The molecular formula is C9H21NO3S2. The van der Waals surface area contributed by atoms with E-state index in [1.807, 2.05) is 13.8 Å². The zero-order valence-electron chi connectivity index (χ0n) is 9.82. The molecule has 1 N–H and O–H groups in total. The van der Waals surface area contributed by atoms with Crippen LogP contribution in [-0.4, -0.2) is 48.2 Å². The molecule has 0 radical (unpaired) electrons. The van der Waals surface area contributed by atoms with Crippen molar-refractivity contribution in [3.8, 4) is 0 Å². The molecule has 0 saturated heterocycles. The van der Waals surface area contributed by atoms with E-state index in [4.69, 9.17) is 0 Å². The Morgan fingerprint density at radius 1 is 1.27 bits per heavy atom. The third-order valence-corrected chi connectivity index (χ3v) is 4.85. The van der Waals surface area contributed by atoms with Gasteiger partial charge in [-0.2, -0.15) is 0 Å². The summed E-state index contributed by atoms with van der Waals surface area (Å²) in [5.41, 5.74) is 0. The van der Waals surface area contributed by atoms with Gasteiger partial charge in [-0.25, -0.2) is 8.42 Å². The van der Waals surface area contributed by atoms with E-state index < -0.39 is 20.6 Å². The number of sulfone groups is 1. The van der Waals surface area contributed by atoms with Gasteiger partial charge < -0.3 is 5.32 Å². The summed E-state index contributed by atoms with van der Waals surface area (Å²) in [7, 11) is -3.78. The van der Waals surface area contributed by atoms with Crippen LogP contribution in [-0.2, 0) is 20.6 Å². The molecule has 0 bridgehead atoms. The van der Waals surface area contributed by atoms with E-state index in [0.29, 0.717) is 5.75 Å². The van der Waals surface area contributed by atoms with Gasteiger partial charge in [0.1, 0.15) is 0 Å². The van der Waals surface area contributed by atoms with Crippen molar-refractivity contribution >= 4 is 20.6 Å². The minimum absolute atomic E-state index is 0.0814. The summed E-state index contributed by atoms with van der Waals surface area (Å²) in [6.07, 6.45) is 1.64. The van der Waals surface area contributed by atoms with Gasteiger partial charge in [0.2, 0.25) is 0 Å². The van der Waals surface area contributed by atoms with E-state index in [0.717, 1.165) is 0 Å². The predicted molar refractivity (Wildman–Crippen MR) is 65.3 cm³/mol. The van der Waals surface area contributed by atoms with Gasteiger partial charge in [-0.05, 0) is 13.8 Å². The molecule has 3 unspecified atom stereocenters. The van der Waals surface area contributed by atoms with E-state index in [-0.39, 0.29) is 23.6 Å². The molecule has 0 aliphatic carbocycles. The van der Waals surface area contributed by atoms with Crippen molar-refractivity contribution < 1.29 is 12.6 Å². The fourth-order valence-corrected chi connectivity index (χ4v) is 3.33. The fraction of sp³-hybridized carbons (Fsp3) is 1.00. The van der Waals surface area contributed by atoms with Gasteiger partial charge in [-0.1, -0.05) is 6.92 Å². The summed E-state index contributed by atoms with van der Waals surface area (Å²) >= 11 is 0. The van der Waals surface area contributed by atoms with Crippen molar-refractivity contribution in [2.75, 3.05) is 23.5 Å². The normalized spacial score (nSPS) is 18.4. The van der Waals surface area contributed by atoms with Gasteiger partial charge >= 0.3 is 0 Å². The first-order valence-electron chi connectivity index (χ1n) is 5.03. The van der Waals surface area contributed by atoms with Crippen molar-refractivity contribution in [1.29, 1.82) is 0 Å². The Morgan fingerprint density at radius 3 is 2.20 bits per heavy atom. The maximum Gasteiger partial charge on any atom is 0.151 e. The number of nitrogens with one attached hydrogen (secondary N) is 1. The zero-order valence-corrected chi connectivity index (χ0v) is 11.5. The van der Waals surface area contributed by atoms with Gasteiger partial charge in [0.25, 0.3) is 0 Å². The lowest BCUT2D eigenvalue weighted by Crippen LogP contribution is -2.41. The van der Waals surface area contributed by atoms with Gasteiger partial charge in [0.05, 0.1) is 5.75 Å². The molecule has 0 spiro atoms. The van der Waals surface area contributed by atoms with E-state index in [9.17, 15) is 12.6 Å². The second kappa shape index (κ2) is 6.60. The molecule has 15 heavy (non-hydrogen) atoms. The molecule has 0 amide bonds. The minimum atomic E-state index is -2.93. The van der Waals surface area contributed by atoms with Crippen molar-refractivity contribution in [2.24, 2.45) is 0 Å². The number of rotatable bonds is 7. The fourth-order valence-electron chi connectivity index (χ4n) is 1.43. The largest absolute Gasteiger partial charge is 0.310 e. The Balaban J connectivity index is 4.04. The number of hydrogen-bond donors (Lipinski definition) is 1. The average molecular weight is 255 g/mol. The molecule has 3 atom stereocenters. The van der Waals surface area contributed by atoms with Crippen LogP contribution >= 0.6 is 0 Å². The monoisotopic (exact) mass is 255 g/mol. The van der Waals surface area contributed by atoms with Crippen LogP contribution in [0.4, 0.5) is 0 Å². The van der Waals surface area contributed by atoms with E-state index in [1.54, 1.807) is 13.2 Å². The van der Waals surface area contributed by atoms with Crippen LogP contribution in [0.25, 0.3) is 0 Å². The summed E-state index contributed by atoms with van der Waals surface area (Å²) in [6, 6.07) is -0.00797. The van der Waals surface area contributed by atoms with Crippen molar-refractivity contribution in [2.45, 2.75) is 32.9 Å². The molecular weight excluding hydrogens is 234 g/mol. The van der Waals surface area contributed by atoms with Crippen LogP contribution in [0, 0.1) is 0 Å². The highest BCUT2D eigenvalue weighted by Crippen LogP contribution is 1.96. The molecule has 0 heterocycles. The maximum absolute atomic E-state index is 11.3. The highest BCUT2D eigenvalue weighted by atomic mass is 32.2. The first-order chi connectivity index (χ1) is 6.76. The van der Waals surface area contributed by atoms with E-state index in [2.05, 4.69) is 5.32 Å². The van der Waals surface area contributed by atoms with Crippen LogP contribution in [0.1, 0.15) is 20.8 Å². The highest BCUT2D eigenvalue weighted by molar-refractivity contribution is 7.91. The molecule has 4 nitrogen and oxygen atoms in total. The SMILES string of the molecule is CCS(=O)(=O)CC(C)NC(C)CS(C)=O. The molecule has 6 heteroatoms. The molecule has 0 aromatic carbocycles. The standard InChI is InChI=1S/C9H21NO3S2/c1-5-15(12,13)7-9(3)10-8(2)6-14(4)11/h8-10H,5-7H2,1-4H3. The summed E-state index contributed by atoms with van der Waals surface area (Å²) < 4.78 is 33.6. The van der Waals surface area contributed by atoms with Gasteiger partial charge in [-0.15, -0.1) is 0 Å². The molecule has 0 rings (SSSR count). The lowest BCUT2D eigenvalue weighted by Gasteiger charge is -2.18. The second-order valence-corrected chi connectivity index (χ2v) is 7.79. The van der Waals surface area contributed by atoms with Crippen LogP contribution < -0.4 is 5.32 Å². The molecule has 0 aromatic heterocycles. The molecule has 0 aliphatic rings. The van der Waals surface area contributed by atoms with Gasteiger partial charge in [0, 0.05) is 40.6 Å². The molecule has 0 saturated carbocycles. The molecule has 92 valence electrons. The van der Waals surface area contributed by atoms with E-state index >= 15 is 0 Å². The van der Waals surface area contributed by atoms with Gasteiger partial charge in [0.15, 0.2) is 9.84 Å². The van der Waals surface area contributed by atoms with Gasteiger partial charge in [-0.3, -0.25) is 4.21 Å².